The Morgan fingerprint density at radius 2 is 2.19 bits per heavy atom. The normalized spacial score (nSPS) is 10.1. The number of methoxy groups -OCH3 is 1. The number of nitrogens with one attached hydrogen (secondary N) is 1. The second-order valence-electron chi connectivity index (χ2n) is 3.31. The van der Waals surface area contributed by atoms with E-state index in [2.05, 4.69) is 15.4 Å². The summed E-state index contributed by atoms with van der Waals surface area (Å²) in [4.78, 5) is 11.3. The second-order valence-corrected chi connectivity index (χ2v) is 3.31. The van der Waals surface area contributed by atoms with Gasteiger partial charge in [0, 0.05) is 12.5 Å². The van der Waals surface area contributed by atoms with Gasteiger partial charge < -0.3 is 4.74 Å². The van der Waals surface area contributed by atoms with Crippen LogP contribution in [0.15, 0.2) is 24.3 Å². The summed E-state index contributed by atoms with van der Waals surface area (Å²) in [5.74, 6) is 0.599. The van der Waals surface area contributed by atoms with Crippen LogP contribution in [0.2, 0.25) is 0 Å². The van der Waals surface area contributed by atoms with E-state index in [1.54, 1.807) is 7.11 Å². The molecule has 2 rings (SSSR count). The van der Waals surface area contributed by atoms with Crippen molar-refractivity contribution >= 4 is 5.78 Å². The molecule has 82 valence electrons. The smallest absolute Gasteiger partial charge is 0.182 e. The molecular weight excluding hydrogens is 206 g/mol. The van der Waals surface area contributed by atoms with Gasteiger partial charge in [0.1, 0.15) is 11.4 Å². The van der Waals surface area contributed by atoms with Crippen molar-refractivity contribution in [3.63, 3.8) is 0 Å². The number of carbonyl (C=O) groups excluding carboxylic acids is 1. The number of benzene rings is 1. The molecule has 0 aliphatic carbocycles. The highest BCUT2D eigenvalue weighted by molar-refractivity contribution is 5.97. The molecule has 16 heavy (non-hydrogen) atoms. The molecule has 0 saturated carbocycles. The molecule has 0 fully saturated rings. The third-order valence-corrected chi connectivity index (χ3v) is 2.22. The lowest BCUT2D eigenvalue weighted by atomic mass is 10.1. The first-order chi connectivity index (χ1) is 7.72. The van der Waals surface area contributed by atoms with E-state index in [9.17, 15) is 4.79 Å². The maximum Gasteiger partial charge on any atom is 0.182 e. The first kappa shape index (κ1) is 10.4. The van der Waals surface area contributed by atoms with Crippen molar-refractivity contribution in [3.8, 4) is 17.0 Å². The van der Waals surface area contributed by atoms with Crippen molar-refractivity contribution in [2.45, 2.75) is 6.92 Å². The quantitative estimate of drug-likeness (QED) is 0.794. The van der Waals surface area contributed by atoms with Gasteiger partial charge in [0.05, 0.1) is 7.11 Å². The molecule has 0 unspecified atom stereocenters. The van der Waals surface area contributed by atoms with Gasteiger partial charge in [-0.3, -0.25) is 4.79 Å². The van der Waals surface area contributed by atoms with E-state index in [1.807, 2.05) is 24.3 Å². The molecule has 1 aromatic carbocycles. The van der Waals surface area contributed by atoms with Crippen molar-refractivity contribution in [1.29, 1.82) is 0 Å². The number of H-pyrrole nitrogens is 1. The number of carbonyl (C=O) groups is 1. The maximum atomic E-state index is 11.3. The van der Waals surface area contributed by atoms with Crippen molar-refractivity contribution in [2.75, 3.05) is 7.11 Å². The average Bonchev–Trinajstić information content (AvgIpc) is 2.78. The standard InChI is InChI=1S/C11H11N3O2/c1-7(15)10-11(13-14-12-10)8-4-3-5-9(6-8)16-2/h3-6H,1-2H3,(H,12,13,14). The van der Waals surface area contributed by atoms with Gasteiger partial charge in [0.2, 0.25) is 0 Å². The highest BCUT2D eigenvalue weighted by Gasteiger charge is 2.14. The van der Waals surface area contributed by atoms with Gasteiger partial charge in [-0.05, 0) is 12.1 Å². The summed E-state index contributed by atoms with van der Waals surface area (Å²) in [6, 6.07) is 7.33. The van der Waals surface area contributed by atoms with Gasteiger partial charge in [-0.15, -0.1) is 0 Å². The first-order valence-electron chi connectivity index (χ1n) is 4.78. The number of aromatic nitrogens is 3. The van der Waals surface area contributed by atoms with E-state index in [1.165, 1.54) is 6.92 Å². The fourth-order valence-corrected chi connectivity index (χ4v) is 1.45. The molecule has 0 radical (unpaired) electrons. The number of rotatable bonds is 3. The van der Waals surface area contributed by atoms with Crippen molar-refractivity contribution in [1.82, 2.24) is 15.4 Å². The lowest BCUT2D eigenvalue weighted by molar-refractivity contribution is 0.101. The van der Waals surface area contributed by atoms with E-state index in [0.717, 1.165) is 11.3 Å². The van der Waals surface area contributed by atoms with Crippen molar-refractivity contribution in [3.05, 3.63) is 30.0 Å². The summed E-state index contributed by atoms with van der Waals surface area (Å²) in [7, 11) is 1.59. The second kappa shape index (κ2) is 4.14. The Kier molecular flexibility index (Phi) is 2.68. The fourth-order valence-electron chi connectivity index (χ4n) is 1.45. The van der Waals surface area contributed by atoms with Gasteiger partial charge in [-0.2, -0.15) is 15.4 Å². The summed E-state index contributed by atoms with van der Waals surface area (Å²) < 4.78 is 5.11. The zero-order chi connectivity index (χ0) is 11.5. The summed E-state index contributed by atoms with van der Waals surface area (Å²) in [5.41, 5.74) is 1.69. The number of ether oxygens (including phenoxy) is 1. The molecule has 0 spiro atoms. The predicted molar refractivity (Wildman–Crippen MR) is 58.4 cm³/mol. The molecule has 0 bridgehead atoms. The van der Waals surface area contributed by atoms with Gasteiger partial charge in [-0.1, -0.05) is 12.1 Å². The number of hydrogen-bond donors (Lipinski definition) is 1. The molecule has 0 amide bonds. The van der Waals surface area contributed by atoms with Crippen LogP contribution >= 0.6 is 0 Å². The predicted octanol–water partition coefficient (Wildman–Crippen LogP) is 1.68. The Hall–Kier alpha value is -2.17. The van der Waals surface area contributed by atoms with Crippen LogP contribution in [0.25, 0.3) is 11.3 Å². The summed E-state index contributed by atoms with van der Waals surface area (Å²) in [6.07, 6.45) is 0. The summed E-state index contributed by atoms with van der Waals surface area (Å²) in [6.45, 7) is 1.46. The molecule has 0 aliphatic heterocycles. The molecular formula is C11H11N3O2. The minimum Gasteiger partial charge on any atom is -0.497 e. The van der Waals surface area contributed by atoms with Gasteiger partial charge in [0.15, 0.2) is 11.5 Å². The van der Waals surface area contributed by atoms with Crippen LogP contribution in [0.5, 0.6) is 5.75 Å². The molecule has 2 aromatic rings. The SMILES string of the molecule is COc1cccc(-c2n[nH]nc2C(C)=O)c1. The highest BCUT2D eigenvalue weighted by Crippen LogP contribution is 2.23. The van der Waals surface area contributed by atoms with Crippen LogP contribution in [0.4, 0.5) is 0 Å². The van der Waals surface area contributed by atoms with Crippen LogP contribution < -0.4 is 4.74 Å². The minimum atomic E-state index is -0.119. The lowest BCUT2D eigenvalue weighted by Gasteiger charge is -2.02. The topological polar surface area (TPSA) is 67.9 Å². The first-order valence-corrected chi connectivity index (χ1v) is 4.78. The molecule has 1 aromatic heterocycles. The molecule has 1 N–H and O–H groups in total. The van der Waals surface area contributed by atoms with E-state index in [-0.39, 0.29) is 5.78 Å². The third-order valence-electron chi connectivity index (χ3n) is 2.22. The minimum absolute atomic E-state index is 0.119. The van der Waals surface area contributed by atoms with Crippen LogP contribution in [0, 0.1) is 0 Å². The van der Waals surface area contributed by atoms with E-state index in [0.29, 0.717) is 11.4 Å². The average molecular weight is 217 g/mol. The van der Waals surface area contributed by atoms with Crippen LogP contribution in [-0.4, -0.2) is 28.3 Å². The van der Waals surface area contributed by atoms with Gasteiger partial charge in [0.25, 0.3) is 0 Å². The van der Waals surface area contributed by atoms with E-state index >= 15 is 0 Å². The van der Waals surface area contributed by atoms with Gasteiger partial charge in [-0.25, -0.2) is 0 Å². The zero-order valence-corrected chi connectivity index (χ0v) is 9.02. The number of nitrogens with zero attached hydrogens (tertiary/aromatic N) is 2. The monoisotopic (exact) mass is 217 g/mol. The Morgan fingerprint density at radius 3 is 2.88 bits per heavy atom. The number of ketones is 1. The molecule has 5 heteroatoms. The lowest BCUT2D eigenvalue weighted by Crippen LogP contribution is -1.95. The zero-order valence-electron chi connectivity index (χ0n) is 9.02. The van der Waals surface area contributed by atoms with Crippen molar-refractivity contribution < 1.29 is 9.53 Å². The largest absolute Gasteiger partial charge is 0.497 e. The van der Waals surface area contributed by atoms with Crippen LogP contribution in [-0.2, 0) is 0 Å². The van der Waals surface area contributed by atoms with E-state index < -0.39 is 0 Å². The van der Waals surface area contributed by atoms with E-state index in [4.69, 9.17) is 4.74 Å². The number of hydrogen-bond acceptors (Lipinski definition) is 4. The number of Topliss-reactive ketones (excluding diaryl/α,β-unsaturated/α-hetero) is 1. The molecule has 0 aliphatic rings. The Balaban J connectivity index is 2.50. The summed E-state index contributed by atoms with van der Waals surface area (Å²) in [5, 5.41) is 10.2. The summed E-state index contributed by atoms with van der Waals surface area (Å²) >= 11 is 0. The highest BCUT2D eigenvalue weighted by atomic mass is 16.5. The molecule has 0 saturated heterocycles. The molecule has 1 heterocycles. The third kappa shape index (κ3) is 1.79. The fraction of sp³-hybridized carbons (Fsp3) is 0.182. The van der Waals surface area contributed by atoms with Crippen LogP contribution in [0.1, 0.15) is 17.4 Å². The number of aromatic amines is 1. The Bertz CT molecular complexity index is 519. The van der Waals surface area contributed by atoms with Crippen LogP contribution in [0.3, 0.4) is 0 Å². The molecule has 5 nitrogen and oxygen atoms in total. The van der Waals surface area contributed by atoms with Crippen molar-refractivity contribution in [2.24, 2.45) is 0 Å². The maximum absolute atomic E-state index is 11.3. The Morgan fingerprint density at radius 1 is 1.38 bits per heavy atom. The van der Waals surface area contributed by atoms with Gasteiger partial charge >= 0.3 is 0 Å². The molecule has 0 atom stereocenters. The Labute approximate surface area is 92.4 Å².